The molecule has 0 saturated heterocycles. The Bertz CT molecular complexity index is 726. The largest absolute Gasteiger partial charge is 0.468 e. The maximum Gasteiger partial charge on any atom is 0.315 e. The SMILES string of the molecule is COC(=O)C(CO)c1cccc(-c2ccc(C#CCF)cc2)c1. The lowest BCUT2D eigenvalue weighted by molar-refractivity contribution is -0.143. The van der Waals surface area contributed by atoms with Crippen LogP contribution in [-0.2, 0) is 9.53 Å². The minimum Gasteiger partial charge on any atom is -0.468 e. The van der Waals surface area contributed by atoms with E-state index in [1.165, 1.54) is 7.11 Å². The average molecular weight is 312 g/mol. The van der Waals surface area contributed by atoms with Crippen LogP contribution in [0.1, 0.15) is 17.0 Å². The van der Waals surface area contributed by atoms with Crippen molar-refractivity contribution in [1.82, 2.24) is 0 Å². The third kappa shape index (κ3) is 4.18. The van der Waals surface area contributed by atoms with Crippen LogP contribution in [0.2, 0.25) is 0 Å². The van der Waals surface area contributed by atoms with Crippen LogP contribution < -0.4 is 0 Å². The fraction of sp³-hybridized carbons (Fsp3) is 0.211. The Morgan fingerprint density at radius 2 is 1.96 bits per heavy atom. The number of carbonyl (C=O) groups is 1. The first-order chi connectivity index (χ1) is 11.2. The van der Waals surface area contributed by atoms with Gasteiger partial charge < -0.3 is 9.84 Å². The number of hydrogen-bond donors (Lipinski definition) is 1. The van der Waals surface area contributed by atoms with Crippen molar-refractivity contribution < 1.29 is 19.0 Å². The van der Waals surface area contributed by atoms with E-state index in [1.54, 1.807) is 6.07 Å². The molecule has 3 nitrogen and oxygen atoms in total. The number of ether oxygens (including phenoxy) is 1. The minimum absolute atomic E-state index is 0.312. The number of alkyl halides is 1. The quantitative estimate of drug-likeness (QED) is 0.697. The standard InChI is InChI=1S/C19H17FO3/c1-23-19(22)18(13-21)17-6-2-5-16(12-17)15-9-7-14(8-10-15)4-3-11-20/h2,5-10,12,18,21H,11,13H2,1H3. The fourth-order valence-corrected chi connectivity index (χ4v) is 2.27. The van der Waals surface area contributed by atoms with E-state index in [4.69, 9.17) is 4.74 Å². The number of aliphatic hydroxyl groups excluding tert-OH is 1. The van der Waals surface area contributed by atoms with Gasteiger partial charge in [-0.15, -0.1) is 0 Å². The van der Waals surface area contributed by atoms with Gasteiger partial charge in [0.15, 0.2) is 6.67 Å². The summed E-state index contributed by atoms with van der Waals surface area (Å²) in [6.45, 7) is -0.978. The lowest BCUT2D eigenvalue weighted by Crippen LogP contribution is -2.17. The van der Waals surface area contributed by atoms with Crippen molar-refractivity contribution >= 4 is 5.97 Å². The molecule has 0 aromatic heterocycles. The third-order valence-electron chi connectivity index (χ3n) is 3.48. The van der Waals surface area contributed by atoms with Crippen molar-refractivity contribution in [3.05, 3.63) is 59.7 Å². The zero-order valence-corrected chi connectivity index (χ0v) is 12.8. The number of esters is 1. The van der Waals surface area contributed by atoms with Gasteiger partial charge in [-0.1, -0.05) is 48.2 Å². The van der Waals surface area contributed by atoms with Gasteiger partial charge in [0.25, 0.3) is 0 Å². The Labute approximate surface area is 134 Å². The molecule has 0 spiro atoms. The summed E-state index contributed by atoms with van der Waals surface area (Å²) in [5.74, 6) is 3.92. The number of aliphatic hydroxyl groups is 1. The molecule has 1 unspecified atom stereocenters. The summed E-state index contributed by atoms with van der Waals surface area (Å²) in [6.07, 6.45) is 0. The van der Waals surface area contributed by atoms with Gasteiger partial charge in [0.2, 0.25) is 0 Å². The maximum atomic E-state index is 12.0. The van der Waals surface area contributed by atoms with Crippen molar-refractivity contribution in [3.8, 4) is 23.0 Å². The molecule has 4 heteroatoms. The van der Waals surface area contributed by atoms with Crippen LogP contribution in [-0.4, -0.2) is 31.5 Å². The van der Waals surface area contributed by atoms with Crippen molar-refractivity contribution in [2.45, 2.75) is 5.92 Å². The second kappa shape index (κ2) is 8.11. The number of halogens is 1. The highest BCUT2D eigenvalue weighted by Crippen LogP contribution is 2.25. The van der Waals surface area contributed by atoms with Gasteiger partial charge in [0.1, 0.15) is 5.92 Å². The smallest absolute Gasteiger partial charge is 0.315 e. The molecular weight excluding hydrogens is 295 g/mol. The Balaban J connectivity index is 2.30. The first-order valence-corrected chi connectivity index (χ1v) is 7.13. The minimum atomic E-state index is -0.699. The Kier molecular flexibility index (Phi) is 5.90. The molecule has 0 aliphatic heterocycles. The molecule has 0 aliphatic rings. The van der Waals surface area contributed by atoms with Crippen molar-refractivity contribution in [2.24, 2.45) is 0 Å². The normalized spacial score (nSPS) is 11.3. The number of carbonyl (C=O) groups excluding carboxylic acids is 1. The molecular formula is C19H17FO3. The van der Waals surface area contributed by atoms with E-state index in [9.17, 15) is 14.3 Å². The summed E-state index contributed by atoms with van der Waals surface area (Å²) in [4.78, 5) is 11.7. The summed E-state index contributed by atoms with van der Waals surface area (Å²) in [7, 11) is 1.30. The predicted molar refractivity (Wildman–Crippen MR) is 86.6 cm³/mol. The molecule has 118 valence electrons. The van der Waals surface area contributed by atoms with Gasteiger partial charge in [-0.3, -0.25) is 4.79 Å². The summed E-state index contributed by atoms with van der Waals surface area (Å²) >= 11 is 0. The number of hydrogen-bond acceptors (Lipinski definition) is 3. The van der Waals surface area contributed by atoms with Crippen LogP contribution in [0.15, 0.2) is 48.5 Å². The number of methoxy groups -OCH3 is 1. The Morgan fingerprint density at radius 1 is 1.22 bits per heavy atom. The second-order valence-corrected chi connectivity index (χ2v) is 4.90. The molecule has 1 atom stereocenters. The highest BCUT2D eigenvalue weighted by atomic mass is 19.1. The Hall–Kier alpha value is -2.64. The maximum absolute atomic E-state index is 12.0. The van der Waals surface area contributed by atoms with E-state index in [2.05, 4.69) is 11.8 Å². The lowest BCUT2D eigenvalue weighted by atomic mass is 9.95. The van der Waals surface area contributed by atoms with Crippen LogP contribution >= 0.6 is 0 Å². The predicted octanol–water partition coefficient (Wildman–Crippen LogP) is 2.92. The first kappa shape index (κ1) is 16.7. The van der Waals surface area contributed by atoms with Gasteiger partial charge in [0, 0.05) is 5.56 Å². The van der Waals surface area contributed by atoms with Crippen LogP contribution in [0, 0.1) is 11.8 Å². The number of benzene rings is 2. The van der Waals surface area contributed by atoms with E-state index < -0.39 is 18.6 Å². The van der Waals surface area contributed by atoms with Crippen LogP contribution in [0.4, 0.5) is 4.39 Å². The average Bonchev–Trinajstić information content (AvgIpc) is 2.61. The van der Waals surface area contributed by atoms with E-state index in [1.807, 2.05) is 42.5 Å². The van der Waals surface area contributed by atoms with Crippen LogP contribution in [0.3, 0.4) is 0 Å². The van der Waals surface area contributed by atoms with Crippen molar-refractivity contribution in [3.63, 3.8) is 0 Å². The van der Waals surface area contributed by atoms with E-state index in [-0.39, 0.29) is 6.61 Å². The molecule has 0 amide bonds. The summed E-state index contributed by atoms with van der Waals surface area (Å²) in [5.41, 5.74) is 3.29. The fourth-order valence-electron chi connectivity index (χ4n) is 2.27. The van der Waals surface area contributed by atoms with E-state index in [0.29, 0.717) is 5.56 Å². The van der Waals surface area contributed by atoms with Crippen LogP contribution in [0.25, 0.3) is 11.1 Å². The molecule has 23 heavy (non-hydrogen) atoms. The molecule has 0 fully saturated rings. The van der Waals surface area contributed by atoms with Gasteiger partial charge in [-0.2, -0.15) is 0 Å². The van der Waals surface area contributed by atoms with Crippen molar-refractivity contribution in [1.29, 1.82) is 0 Å². The zero-order valence-electron chi connectivity index (χ0n) is 12.8. The summed E-state index contributed by atoms with van der Waals surface area (Å²) in [6, 6.07) is 14.8. The van der Waals surface area contributed by atoms with Crippen LogP contribution in [0.5, 0.6) is 0 Å². The number of rotatable bonds is 4. The summed E-state index contributed by atoms with van der Waals surface area (Å²) < 4.78 is 16.8. The zero-order chi connectivity index (χ0) is 16.7. The van der Waals surface area contributed by atoms with Gasteiger partial charge in [-0.05, 0) is 28.8 Å². The first-order valence-electron chi connectivity index (χ1n) is 7.13. The lowest BCUT2D eigenvalue weighted by Gasteiger charge is -2.13. The molecule has 1 N–H and O–H groups in total. The molecule has 2 aromatic carbocycles. The van der Waals surface area contributed by atoms with E-state index in [0.717, 1.165) is 16.7 Å². The molecule has 0 aliphatic carbocycles. The molecule has 2 rings (SSSR count). The molecule has 2 aromatic rings. The molecule has 0 bridgehead atoms. The van der Waals surface area contributed by atoms with E-state index >= 15 is 0 Å². The van der Waals surface area contributed by atoms with Gasteiger partial charge in [-0.25, -0.2) is 4.39 Å². The summed E-state index contributed by atoms with van der Waals surface area (Å²) in [5, 5.41) is 9.41. The highest BCUT2D eigenvalue weighted by Gasteiger charge is 2.20. The molecule has 0 saturated carbocycles. The van der Waals surface area contributed by atoms with Gasteiger partial charge in [0.05, 0.1) is 13.7 Å². The third-order valence-corrected chi connectivity index (χ3v) is 3.48. The highest BCUT2D eigenvalue weighted by molar-refractivity contribution is 5.79. The topological polar surface area (TPSA) is 46.5 Å². The Morgan fingerprint density at radius 3 is 2.57 bits per heavy atom. The molecule has 0 heterocycles. The molecule has 0 radical (unpaired) electrons. The monoisotopic (exact) mass is 312 g/mol. The van der Waals surface area contributed by atoms with Gasteiger partial charge >= 0.3 is 5.97 Å². The second-order valence-electron chi connectivity index (χ2n) is 4.90. The van der Waals surface area contributed by atoms with Crippen molar-refractivity contribution in [2.75, 3.05) is 20.4 Å².